The fourth-order valence-corrected chi connectivity index (χ4v) is 3.56. The Hall–Kier alpha value is -1.33. The molecular formula is C18H10BrIO. The SMILES string of the molecule is Brc1coc(-c2cccc3c2ccc2ccccc23)c1I. The Morgan fingerprint density at radius 2 is 1.62 bits per heavy atom. The van der Waals surface area contributed by atoms with Crippen LogP contribution in [-0.2, 0) is 0 Å². The van der Waals surface area contributed by atoms with Crippen LogP contribution in [0, 0.1) is 3.57 Å². The summed E-state index contributed by atoms with van der Waals surface area (Å²) in [7, 11) is 0. The van der Waals surface area contributed by atoms with Crippen LogP contribution in [0.15, 0.2) is 69.8 Å². The van der Waals surface area contributed by atoms with Gasteiger partial charge >= 0.3 is 0 Å². The Morgan fingerprint density at radius 1 is 0.810 bits per heavy atom. The average molecular weight is 449 g/mol. The first-order valence-corrected chi connectivity index (χ1v) is 8.46. The van der Waals surface area contributed by atoms with Gasteiger partial charge in [-0.25, -0.2) is 0 Å². The molecule has 0 unspecified atom stereocenters. The van der Waals surface area contributed by atoms with Crippen LogP contribution < -0.4 is 0 Å². The van der Waals surface area contributed by atoms with Gasteiger partial charge in [-0.3, -0.25) is 0 Å². The van der Waals surface area contributed by atoms with E-state index >= 15 is 0 Å². The van der Waals surface area contributed by atoms with Gasteiger partial charge in [0.15, 0.2) is 0 Å². The summed E-state index contributed by atoms with van der Waals surface area (Å²) in [6, 6.07) is 19.2. The minimum atomic E-state index is 0.920. The monoisotopic (exact) mass is 448 g/mol. The highest BCUT2D eigenvalue weighted by atomic mass is 127. The van der Waals surface area contributed by atoms with Crippen molar-refractivity contribution in [1.29, 1.82) is 0 Å². The largest absolute Gasteiger partial charge is 0.462 e. The maximum absolute atomic E-state index is 5.75. The second kappa shape index (κ2) is 5.14. The third kappa shape index (κ3) is 2.10. The van der Waals surface area contributed by atoms with Crippen LogP contribution in [0.4, 0.5) is 0 Å². The number of rotatable bonds is 1. The van der Waals surface area contributed by atoms with E-state index in [0.717, 1.165) is 19.4 Å². The highest BCUT2D eigenvalue weighted by Gasteiger charge is 2.14. The first-order valence-electron chi connectivity index (χ1n) is 6.59. The molecule has 0 radical (unpaired) electrons. The minimum Gasteiger partial charge on any atom is -0.462 e. The van der Waals surface area contributed by atoms with Crippen LogP contribution in [-0.4, -0.2) is 0 Å². The van der Waals surface area contributed by atoms with Gasteiger partial charge in [0.1, 0.15) is 12.0 Å². The quantitative estimate of drug-likeness (QED) is 0.235. The number of benzene rings is 3. The first kappa shape index (κ1) is 13.3. The normalized spacial score (nSPS) is 11.3. The number of hydrogen-bond acceptors (Lipinski definition) is 1. The summed E-state index contributed by atoms with van der Waals surface area (Å²) in [4.78, 5) is 0. The number of halogens is 2. The summed E-state index contributed by atoms with van der Waals surface area (Å²) in [6.45, 7) is 0. The van der Waals surface area contributed by atoms with Gasteiger partial charge in [0.05, 0.1) is 8.04 Å². The lowest BCUT2D eigenvalue weighted by molar-refractivity contribution is 0.580. The van der Waals surface area contributed by atoms with E-state index in [1.54, 1.807) is 6.26 Å². The molecule has 0 aliphatic rings. The highest BCUT2D eigenvalue weighted by molar-refractivity contribution is 14.1. The molecule has 0 aliphatic heterocycles. The molecular weight excluding hydrogens is 439 g/mol. The second-order valence-electron chi connectivity index (χ2n) is 4.91. The molecule has 0 saturated heterocycles. The molecule has 0 spiro atoms. The van der Waals surface area contributed by atoms with Gasteiger partial charge < -0.3 is 4.42 Å². The molecule has 4 aromatic rings. The van der Waals surface area contributed by atoms with E-state index in [9.17, 15) is 0 Å². The lowest BCUT2D eigenvalue weighted by Gasteiger charge is -2.08. The van der Waals surface area contributed by atoms with E-state index in [0.29, 0.717) is 0 Å². The van der Waals surface area contributed by atoms with E-state index in [2.05, 4.69) is 93.1 Å². The number of hydrogen-bond donors (Lipinski definition) is 0. The molecule has 102 valence electrons. The molecule has 21 heavy (non-hydrogen) atoms. The highest BCUT2D eigenvalue weighted by Crippen LogP contribution is 2.38. The zero-order chi connectivity index (χ0) is 14.4. The van der Waals surface area contributed by atoms with Crippen molar-refractivity contribution in [2.45, 2.75) is 0 Å². The minimum absolute atomic E-state index is 0.920. The molecule has 0 bridgehead atoms. The van der Waals surface area contributed by atoms with Gasteiger partial charge in [0.25, 0.3) is 0 Å². The van der Waals surface area contributed by atoms with Crippen molar-refractivity contribution < 1.29 is 4.42 Å². The van der Waals surface area contributed by atoms with E-state index in [4.69, 9.17) is 4.42 Å². The summed E-state index contributed by atoms with van der Waals surface area (Å²) in [5.74, 6) is 0.920. The van der Waals surface area contributed by atoms with Crippen LogP contribution in [0.3, 0.4) is 0 Å². The van der Waals surface area contributed by atoms with E-state index < -0.39 is 0 Å². The molecule has 0 atom stereocenters. The van der Waals surface area contributed by atoms with E-state index in [1.807, 2.05) is 0 Å². The third-order valence-electron chi connectivity index (χ3n) is 3.72. The van der Waals surface area contributed by atoms with Crippen LogP contribution in [0.5, 0.6) is 0 Å². The standard InChI is InChI=1S/C18H10BrIO/c19-16-10-21-18(17(16)20)15-7-3-6-13-12-5-2-1-4-11(12)8-9-14(13)15/h1-10H. The molecule has 0 N–H and O–H groups in total. The topological polar surface area (TPSA) is 13.1 Å². The van der Waals surface area contributed by atoms with Crippen molar-refractivity contribution in [3.63, 3.8) is 0 Å². The molecule has 0 amide bonds. The maximum atomic E-state index is 5.75. The van der Waals surface area contributed by atoms with E-state index in [-0.39, 0.29) is 0 Å². The molecule has 4 rings (SSSR count). The summed E-state index contributed by atoms with van der Waals surface area (Å²) in [5, 5.41) is 5.01. The van der Waals surface area contributed by atoms with Crippen LogP contribution in [0.25, 0.3) is 32.9 Å². The van der Waals surface area contributed by atoms with Crippen molar-refractivity contribution in [1.82, 2.24) is 0 Å². The second-order valence-corrected chi connectivity index (χ2v) is 6.85. The Morgan fingerprint density at radius 3 is 2.43 bits per heavy atom. The molecule has 0 saturated carbocycles. The summed E-state index contributed by atoms with van der Waals surface area (Å²) < 4.78 is 7.85. The molecule has 1 aromatic heterocycles. The summed E-state index contributed by atoms with van der Waals surface area (Å²) in [5.41, 5.74) is 1.13. The number of furan rings is 1. The van der Waals surface area contributed by atoms with Crippen molar-refractivity contribution in [3.8, 4) is 11.3 Å². The molecule has 3 heteroatoms. The van der Waals surface area contributed by atoms with Gasteiger partial charge in [0.2, 0.25) is 0 Å². The summed E-state index contributed by atoms with van der Waals surface area (Å²) >= 11 is 5.83. The van der Waals surface area contributed by atoms with Crippen molar-refractivity contribution in [3.05, 3.63) is 68.9 Å². The van der Waals surface area contributed by atoms with Crippen LogP contribution in [0.2, 0.25) is 0 Å². The zero-order valence-electron chi connectivity index (χ0n) is 10.9. The van der Waals surface area contributed by atoms with Gasteiger partial charge in [-0.1, -0.05) is 54.6 Å². The van der Waals surface area contributed by atoms with Gasteiger partial charge in [-0.2, -0.15) is 0 Å². The van der Waals surface area contributed by atoms with Crippen molar-refractivity contribution in [2.75, 3.05) is 0 Å². The predicted molar refractivity (Wildman–Crippen MR) is 99.6 cm³/mol. The fourth-order valence-electron chi connectivity index (χ4n) is 2.74. The molecule has 0 fully saturated rings. The molecule has 3 aromatic carbocycles. The Labute approximate surface area is 144 Å². The maximum Gasteiger partial charge on any atom is 0.148 e. The predicted octanol–water partition coefficient (Wildman–Crippen LogP) is 6.62. The molecule has 1 heterocycles. The Kier molecular flexibility index (Phi) is 3.27. The van der Waals surface area contributed by atoms with E-state index in [1.165, 1.54) is 21.5 Å². The fraction of sp³-hybridized carbons (Fsp3) is 0. The molecule has 1 nitrogen and oxygen atoms in total. The molecule has 0 aliphatic carbocycles. The van der Waals surface area contributed by atoms with Gasteiger partial charge in [0, 0.05) is 5.56 Å². The summed E-state index contributed by atoms with van der Waals surface area (Å²) in [6.07, 6.45) is 1.75. The zero-order valence-corrected chi connectivity index (χ0v) is 14.7. The Bertz CT molecular complexity index is 971. The average Bonchev–Trinajstić information content (AvgIpc) is 2.86. The van der Waals surface area contributed by atoms with Crippen molar-refractivity contribution in [2.24, 2.45) is 0 Å². The number of fused-ring (bicyclic) bond motifs is 3. The smallest absolute Gasteiger partial charge is 0.148 e. The van der Waals surface area contributed by atoms with Crippen LogP contribution >= 0.6 is 38.5 Å². The lowest BCUT2D eigenvalue weighted by atomic mass is 9.97. The van der Waals surface area contributed by atoms with Crippen LogP contribution in [0.1, 0.15) is 0 Å². The van der Waals surface area contributed by atoms with Gasteiger partial charge in [-0.05, 0) is 60.1 Å². The third-order valence-corrected chi connectivity index (χ3v) is 6.12. The lowest BCUT2D eigenvalue weighted by Crippen LogP contribution is -1.83. The first-order chi connectivity index (χ1) is 10.3. The van der Waals surface area contributed by atoms with Crippen molar-refractivity contribution >= 4 is 60.1 Å². The van der Waals surface area contributed by atoms with Gasteiger partial charge in [-0.15, -0.1) is 0 Å². The Balaban J connectivity index is 2.12.